The molecule has 3 aromatic carbocycles. The fraction of sp³-hybridized carbons (Fsp3) is 0.125. The highest BCUT2D eigenvalue weighted by molar-refractivity contribution is 7.80. The second-order valence-corrected chi connectivity index (χ2v) is 8.34. The highest BCUT2D eigenvalue weighted by Crippen LogP contribution is 2.40. The zero-order valence-electron chi connectivity index (χ0n) is 16.7. The van der Waals surface area contributed by atoms with Gasteiger partial charge in [0.05, 0.1) is 6.04 Å². The molecule has 0 fully saturated rings. The van der Waals surface area contributed by atoms with E-state index in [0.717, 1.165) is 28.6 Å². The lowest BCUT2D eigenvalue weighted by Gasteiger charge is -2.37. The number of aromatic amines is 1. The number of nitrogens with one attached hydrogen (secondary N) is 1. The van der Waals surface area contributed by atoms with Gasteiger partial charge in [-0.1, -0.05) is 23.7 Å². The molecule has 160 valence electrons. The quantitative estimate of drug-likeness (QED) is 0.271. The molecule has 8 heteroatoms. The van der Waals surface area contributed by atoms with E-state index < -0.39 is 0 Å². The number of rotatable bonds is 3. The molecular formula is C24H17ClFN3O2S. The molecule has 0 saturated carbocycles. The van der Waals surface area contributed by atoms with Crippen molar-refractivity contribution in [1.82, 2.24) is 9.88 Å². The minimum Gasteiger partial charge on any atom is -0.432 e. The number of ether oxygens (including phenoxy) is 1. The first-order chi connectivity index (χ1) is 15.5. The van der Waals surface area contributed by atoms with Gasteiger partial charge in [0.25, 0.3) is 5.17 Å². The van der Waals surface area contributed by atoms with Crippen LogP contribution in [0.5, 0.6) is 5.75 Å². The van der Waals surface area contributed by atoms with Gasteiger partial charge in [-0.25, -0.2) is 4.39 Å². The highest BCUT2D eigenvalue weighted by Gasteiger charge is 2.34. The Morgan fingerprint density at radius 1 is 1.12 bits per heavy atom. The van der Waals surface area contributed by atoms with Gasteiger partial charge in [-0.15, -0.1) is 4.91 Å². The van der Waals surface area contributed by atoms with Crippen LogP contribution in [0, 0.1) is 10.7 Å². The van der Waals surface area contributed by atoms with E-state index in [0.29, 0.717) is 23.0 Å². The molecular weight excluding hydrogens is 449 g/mol. The summed E-state index contributed by atoms with van der Waals surface area (Å²) in [5.41, 5.74) is 4.44. The Labute approximate surface area is 193 Å². The molecule has 1 aliphatic heterocycles. The Kier molecular flexibility index (Phi) is 5.36. The zero-order chi connectivity index (χ0) is 22.2. The Hall–Kier alpha value is -3.29. The van der Waals surface area contributed by atoms with Crippen molar-refractivity contribution in [2.75, 3.05) is 6.54 Å². The third kappa shape index (κ3) is 3.74. The molecule has 1 N–H and O–H groups in total. The van der Waals surface area contributed by atoms with Gasteiger partial charge in [0.2, 0.25) is 0 Å². The van der Waals surface area contributed by atoms with Gasteiger partial charge in [-0.05, 0) is 89.5 Å². The van der Waals surface area contributed by atoms with Gasteiger partial charge in [0.1, 0.15) is 17.3 Å². The summed E-state index contributed by atoms with van der Waals surface area (Å²) in [4.78, 5) is 16.4. The Bertz CT molecular complexity index is 1320. The fourth-order valence-corrected chi connectivity index (χ4v) is 4.65. The molecule has 1 aromatic heterocycles. The number of hydrogen-bond acceptors (Lipinski definition) is 4. The van der Waals surface area contributed by atoms with Crippen molar-refractivity contribution in [3.63, 3.8) is 0 Å². The number of fused-ring (bicyclic) bond motifs is 3. The summed E-state index contributed by atoms with van der Waals surface area (Å²) in [5, 5.41) is 5.03. The summed E-state index contributed by atoms with van der Waals surface area (Å²) in [6.07, 6.45) is 0.743. The molecule has 1 unspecified atom stereocenters. The summed E-state index contributed by atoms with van der Waals surface area (Å²) in [7, 11) is 0. The zero-order valence-corrected chi connectivity index (χ0v) is 18.3. The van der Waals surface area contributed by atoms with Gasteiger partial charge >= 0.3 is 0 Å². The largest absolute Gasteiger partial charge is 0.432 e. The number of H-pyrrole nitrogens is 1. The number of aromatic nitrogens is 1. The lowest BCUT2D eigenvalue weighted by Crippen LogP contribution is -2.42. The number of halogens is 2. The second-order valence-electron chi connectivity index (χ2n) is 7.56. The molecule has 0 spiro atoms. The number of hydrogen-bond donors (Lipinski definition) is 1. The molecule has 0 amide bonds. The first-order valence-electron chi connectivity index (χ1n) is 10.0. The van der Waals surface area contributed by atoms with Gasteiger partial charge in [0, 0.05) is 28.2 Å². The number of benzene rings is 3. The van der Waals surface area contributed by atoms with Crippen LogP contribution in [0.4, 0.5) is 10.1 Å². The summed E-state index contributed by atoms with van der Waals surface area (Å²) < 4.78 is 19.2. The second kappa shape index (κ2) is 8.33. The highest BCUT2D eigenvalue weighted by atomic mass is 35.5. The smallest absolute Gasteiger partial charge is 0.265 e. The minimum absolute atomic E-state index is 0.265. The average molecular weight is 466 g/mol. The first-order valence-corrected chi connectivity index (χ1v) is 10.8. The van der Waals surface area contributed by atoms with Crippen LogP contribution in [0.25, 0.3) is 10.9 Å². The summed E-state index contributed by atoms with van der Waals surface area (Å²) in [5.74, 6) is 0.120. The molecule has 1 atom stereocenters. The van der Waals surface area contributed by atoms with Crippen molar-refractivity contribution < 1.29 is 9.13 Å². The SMILES string of the molecule is O=Nc1ccc(C2c3[nH]c4ccc(Cl)cc4c3CCN2C(=S)Oc2ccc(F)cc2)cc1. The number of nitrogens with zero attached hydrogens (tertiary/aromatic N) is 2. The van der Waals surface area contributed by atoms with Crippen molar-refractivity contribution in [3.05, 3.63) is 99.3 Å². The van der Waals surface area contributed by atoms with E-state index in [2.05, 4.69) is 10.2 Å². The number of thiocarbonyl (C=S) groups is 1. The van der Waals surface area contributed by atoms with E-state index in [1.54, 1.807) is 24.3 Å². The normalized spacial score (nSPS) is 15.4. The van der Waals surface area contributed by atoms with Crippen LogP contribution < -0.4 is 4.74 Å². The van der Waals surface area contributed by atoms with Gasteiger partial charge in [-0.2, -0.15) is 0 Å². The third-order valence-electron chi connectivity index (χ3n) is 5.66. The third-order valence-corrected chi connectivity index (χ3v) is 6.21. The Balaban J connectivity index is 1.58. The fourth-order valence-electron chi connectivity index (χ4n) is 4.18. The molecule has 0 bridgehead atoms. The minimum atomic E-state index is -0.343. The average Bonchev–Trinajstić information content (AvgIpc) is 3.18. The molecule has 0 aliphatic carbocycles. The van der Waals surface area contributed by atoms with E-state index >= 15 is 0 Å². The van der Waals surface area contributed by atoms with E-state index in [1.807, 2.05) is 35.2 Å². The van der Waals surface area contributed by atoms with Crippen LogP contribution >= 0.6 is 23.8 Å². The van der Waals surface area contributed by atoms with Crippen LogP contribution in [0.3, 0.4) is 0 Å². The van der Waals surface area contributed by atoms with Crippen LogP contribution in [-0.4, -0.2) is 21.6 Å². The van der Waals surface area contributed by atoms with Gasteiger partial charge in [-0.3, -0.25) is 0 Å². The molecule has 0 saturated heterocycles. The predicted molar refractivity (Wildman–Crippen MR) is 127 cm³/mol. The van der Waals surface area contributed by atoms with Crippen LogP contribution in [0.1, 0.15) is 22.9 Å². The number of nitroso groups, excluding NO2 is 1. The molecule has 5 rings (SSSR count). The van der Waals surface area contributed by atoms with Crippen molar-refractivity contribution in [3.8, 4) is 5.75 Å². The molecule has 32 heavy (non-hydrogen) atoms. The van der Waals surface area contributed by atoms with Crippen molar-refractivity contribution >= 4 is 45.6 Å². The molecule has 2 heterocycles. The predicted octanol–water partition coefficient (Wildman–Crippen LogP) is 6.67. The van der Waals surface area contributed by atoms with E-state index in [9.17, 15) is 9.30 Å². The molecule has 5 nitrogen and oxygen atoms in total. The monoisotopic (exact) mass is 465 g/mol. The maximum absolute atomic E-state index is 13.3. The summed E-state index contributed by atoms with van der Waals surface area (Å²) in [6, 6.07) is 18.3. The Morgan fingerprint density at radius 2 is 1.88 bits per heavy atom. The summed E-state index contributed by atoms with van der Waals surface area (Å²) in [6.45, 7) is 0.616. The topological polar surface area (TPSA) is 57.7 Å². The maximum Gasteiger partial charge on any atom is 0.265 e. The van der Waals surface area contributed by atoms with E-state index in [1.165, 1.54) is 17.7 Å². The van der Waals surface area contributed by atoms with Gasteiger partial charge in [0.15, 0.2) is 0 Å². The first kappa shape index (κ1) is 20.6. The Morgan fingerprint density at radius 3 is 2.59 bits per heavy atom. The van der Waals surface area contributed by atoms with Crippen molar-refractivity contribution in [2.45, 2.75) is 12.5 Å². The maximum atomic E-state index is 13.3. The van der Waals surface area contributed by atoms with E-state index in [4.69, 9.17) is 28.6 Å². The van der Waals surface area contributed by atoms with Crippen LogP contribution in [0.15, 0.2) is 71.9 Å². The lowest BCUT2D eigenvalue weighted by molar-refractivity contribution is 0.289. The summed E-state index contributed by atoms with van der Waals surface area (Å²) >= 11 is 11.9. The van der Waals surface area contributed by atoms with Crippen LogP contribution in [-0.2, 0) is 6.42 Å². The standard InChI is InChI=1S/C24H17ClFN3O2S/c25-15-3-10-21-20(13-15)19-11-12-29(24(32)31-18-8-4-16(26)5-9-18)23(22(19)27-21)14-1-6-17(28-30)7-2-14/h1-10,13,23,27H,11-12H2. The van der Waals surface area contributed by atoms with Crippen molar-refractivity contribution in [1.29, 1.82) is 0 Å². The van der Waals surface area contributed by atoms with Crippen molar-refractivity contribution in [2.24, 2.45) is 5.18 Å². The van der Waals surface area contributed by atoms with Gasteiger partial charge < -0.3 is 14.6 Å². The lowest BCUT2D eigenvalue weighted by atomic mass is 9.92. The molecule has 1 aliphatic rings. The van der Waals surface area contributed by atoms with E-state index in [-0.39, 0.29) is 17.0 Å². The molecule has 0 radical (unpaired) electrons. The van der Waals surface area contributed by atoms with Crippen LogP contribution in [0.2, 0.25) is 5.02 Å². The molecule has 4 aromatic rings.